The van der Waals surface area contributed by atoms with Crippen molar-refractivity contribution in [1.82, 2.24) is 4.90 Å². The first-order valence-electron chi connectivity index (χ1n) is 11.5. The van der Waals surface area contributed by atoms with E-state index in [2.05, 4.69) is 6.92 Å². The average Bonchev–Trinajstić information content (AvgIpc) is 3.09. The fourth-order valence-corrected chi connectivity index (χ4v) is 4.14. The maximum atomic E-state index is 12.5. The summed E-state index contributed by atoms with van der Waals surface area (Å²) < 4.78 is 10.7. The van der Waals surface area contributed by atoms with Crippen molar-refractivity contribution in [2.24, 2.45) is 0 Å². The molecule has 1 fully saturated rings. The average molecular weight is 384 g/mol. The molecule has 4 nitrogen and oxygen atoms in total. The summed E-state index contributed by atoms with van der Waals surface area (Å²) in [7, 11) is 3.43. The van der Waals surface area contributed by atoms with Gasteiger partial charge in [0.1, 0.15) is 0 Å². The van der Waals surface area contributed by atoms with E-state index in [1.54, 1.807) is 14.2 Å². The molecule has 1 aliphatic heterocycles. The third-order valence-electron chi connectivity index (χ3n) is 5.88. The molecule has 27 heavy (non-hydrogen) atoms. The van der Waals surface area contributed by atoms with Gasteiger partial charge in [0.2, 0.25) is 5.91 Å². The van der Waals surface area contributed by atoms with E-state index >= 15 is 0 Å². The summed E-state index contributed by atoms with van der Waals surface area (Å²) in [6.45, 7) is 3.61. The van der Waals surface area contributed by atoms with E-state index in [0.717, 1.165) is 19.4 Å². The lowest BCUT2D eigenvalue weighted by Gasteiger charge is -2.23. The number of carbonyl (C=O) groups is 1. The van der Waals surface area contributed by atoms with E-state index in [-0.39, 0.29) is 18.1 Å². The number of hydrogen-bond donors (Lipinski definition) is 0. The van der Waals surface area contributed by atoms with Gasteiger partial charge in [-0.25, -0.2) is 0 Å². The Labute approximate surface area is 168 Å². The van der Waals surface area contributed by atoms with Gasteiger partial charge in [-0.05, 0) is 12.8 Å². The van der Waals surface area contributed by atoms with Gasteiger partial charge >= 0.3 is 0 Å². The van der Waals surface area contributed by atoms with Crippen LogP contribution < -0.4 is 0 Å². The highest BCUT2D eigenvalue weighted by molar-refractivity contribution is 5.76. The Kier molecular flexibility index (Phi) is 14.8. The molecule has 0 bridgehead atoms. The van der Waals surface area contributed by atoms with Crippen LogP contribution in [-0.2, 0) is 14.3 Å². The molecule has 0 unspecified atom stereocenters. The molecule has 0 N–H and O–H groups in total. The first-order chi connectivity index (χ1) is 13.2. The highest BCUT2D eigenvalue weighted by Crippen LogP contribution is 2.22. The largest absolute Gasteiger partial charge is 0.383 e. The quantitative estimate of drug-likeness (QED) is 0.301. The molecule has 0 aromatic rings. The highest BCUT2D eigenvalue weighted by Gasteiger charge is 2.34. The molecule has 160 valence electrons. The number of ether oxygens (including phenoxy) is 2. The minimum atomic E-state index is 0.167. The number of carbonyl (C=O) groups excluding carboxylic acids is 1. The second-order valence-electron chi connectivity index (χ2n) is 8.24. The summed E-state index contributed by atoms with van der Waals surface area (Å²) in [6.07, 6.45) is 19.1. The lowest BCUT2D eigenvalue weighted by atomic mass is 10.0. The van der Waals surface area contributed by atoms with Crippen LogP contribution in [0.4, 0.5) is 0 Å². The molecule has 1 saturated heterocycles. The molecule has 0 radical (unpaired) electrons. The fraction of sp³-hybridized carbons (Fsp3) is 0.957. The second-order valence-corrected chi connectivity index (χ2v) is 8.24. The normalized spacial score (nSPS) is 19.7. The van der Waals surface area contributed by atoms with Crippen molar-refractivity contribution >= 4 is 5.91 Å². The van der Waals surface area contributed by atoms with Gasteiger partial charge < -0.3 is 14.4 Å². The van der Waals surface area contributed by atoms with Crippen LogP contribution in [0.5, 0.6) is 0 Å². The number of amides is 1. The van der Waals surface area contributed by atoms with Gasteiger partial charge in [0.15, 0.2) is 0 Å². The van der Waals surface area contributed by atoms with Crippen molar-refractivity contribution in [3.05, 3.63) is 0 Å². The Hall–Kier alpha value is -0.610. The molecule has 0 aromatic carbocycles. The van der Waals surface area contributed by atoms with E-state index < -0.39 is 0 Å². The molecule has 1 heterocycles. The maximum absolute atomic E-state index is 12.5. The highest BCUT2D eigenvalue weighted by atomic mass is 16.5. The maximum Gasteiger partial charge on any atom is 0.222 e. The van der Waals surface area contributed by atoms with Crippen molar-refractivity contribution < 1.29 is 14.3 Å². The molecule has 0 saturated carbocycles. The number of methoxy groups -OCH3 is 2. The van der Waals surface area contributed by atoms with Gasteiger partial charge in [0.05, 0.1) is 18.8 Å². The minimum Gasteiger partial charge on any atom is -0.383 e. The van der Waals surface area contributed by atoms with E-state index in [1.165, 1.54) is 77.0 Å². The van der Waals surface area contributed by atoms with Crippen molar-refractivity contribution in [1.29, 1.82) is 0 Å². The number of unbranched alkanes of at least 4 members (excludes halogenated alkanes) is 12. The van der Waals surface area contributed by atoms with E-state index in [9.17, 15) is 4.79 Å². The van der Waals surface area contributed by atoms with Gasteiger partial charge in [0.25, 0.3) is 0 Å². The zero-order valence-electron chi connectivity index (χ0n) is 18.3. The number of likely N-dealkylation sites (tertiary alicyclic amines) is 1. The van der Waals surface area contributed by atoms with Crippen LogP contribution in [0, 0.1) is 0 Å². The third-order valence-corrected chi connectivity index (χ3v) is 5.88. The second kappa shape index (κ2) is 16.4. The molecule has 2 atom stereocenters. The molecule has 0 spiro atoms. The SMILES string of the molecule is CCCCCCCCCCCCCCCC(=O)N1C[C@H](OC)C[C@H]1COC. The Morgan fingerprint density at radius 2 is 1.37 bits per heavy atom. The molecule has 4 heteroatoms. The van der Waals surface area contributed by atoms with Crippen LogP contribution in [-0.4, -0.2) is 50.3 Å². The van der Waals surface area contributed by atoms with Crippen molar-refractivity contribution in [3.8, 4) is 0 Å². The zero-order valence-corrected chi connectivity index (χ0v) is 18.3. The molecule has 0 aromatic heterocycles. The van der Waals surface area contributed by atoms with Gasteiger partial charge in [0, 0.05) is 27.2 Å². The first-order valence-corrected chi connectivity index (χ1v) is 11.5. The first kappa shape index (κ1) is 24.4. The van der Waals surface area contributed by atoms with Crippen LogP contribution in [0.15, 0.2) is 0 Å². The molecule has 0 aliphatic carbocycles. The van der Waals surface area contributed by atoms with Gasteiger partial charge in [-0.2, -0.15) is 0 Å². The van der Waals surface area contributed by atoms with E-state index in [4.69, 9.17) is 9.47 Å². The van der Waals surface area contributed by atoms with E-state index in [0.29, 0.717) is 13.0 Å². The number of nitrogens with zero attached hydrogens (tertiary/aromatic N) is 1. The van der Waals surface area contributed by atoms with Crippen LogP contribution >= 0.6 is 0 Å². The molecule has 1 rings (SSSR count). The van der Waals surface area contributed by atoms with E-state index in [1.807, 2.05) is 4.90 Å². The topological polar surface area (TPSA) is 38.8 Å². The molecule has 1 amide bonds. The fourth-order valence-electron chi connectivity index (χ4n) is 4.14. The van der Waals surface area contributed by atoms with Crippen molar-refractivity contribution in [2.45, 2.75) is 115 Å². The van der Waals surface area contributed by atoms with Gasteiger partial charge in [-0.3, -0.25) is 4.79 Å². The lowest BCUT2D eigenvalue weighted by Crippen LogP contribution is -2.38. The van der Waals surface area contributed by atoms with Crippen LogP contribution in [0.25, 0.3) is 0 Å². The zero-order chi connectivity index (χ0) is 19.7. The van der Waals surface area contributed by atoms with Gasteiger partial charge in [-0.15, -0.1) is 0 Å². The smallest absolute Gasteiger partial charge is 0.222 e. The number of hydrogen-bond acceptors (Lipinski definition) is 3. The van der Waals surface area contributed by atoms with Crippen molar-refractivity contribution in [3.63, 3.8) is 0 Å². The van der Waals surface area contributed by atoms with Crippen LogP contribution in [0.1, 0.15) is 103 Å². The Balaban J connectivity index is 1.96. The van der Waals surface area contributed by atoms with Crippen LogP contribution in [0.3, 0.4) is 0 Å². The predicted octanol–water partition coefficient (Wildman–Crippen LogP) is 5.73. The van der Waals surface area contributed by atoms with Crippen LogP contribution in [0.2, 0.25) is 0 Å². The lowest BCUT2D eigenvalue weighted by molar-refractivity contribution is -0.133. The molecular weight excluding hydrogens is 338 g/mol. The summed E-state index contributed by atoms with van der Waals surface area (Å²) in [5.74, 6) is 0.277. The van der Waals surface area contributed by atoms with Crippen molar-refractivity contribution in [2.75, 3.05) is 27.4 Å². The third kappa shape index (κ3) is 11.1. The Morgan fingerprint density at radius 1 is 0.852 bits per heavy atom. The summed E-state index contributed by atoms with van der Waals surface area (Å²) in [6, 6.07) is 0.189. The minimum absolute atomic E-state index is 0.167. The predicted molar refractivity (Wildman–Crippen MR) is 113 cm³/mol. The molecular formula is C23H45NO3. The summed E-state index contributed by atoms with van der Waals surface area (Å²) in [5, 5.41) is 0. The Bertz CT molecular complexity index is 362. The number of rotatable bonds is 17. The standard InChI is InChI=1S/C23H45NO3/c1-4-5-6-7-8-9-10-11-12-13-14-15-16-17-23(25)24-19-22(27-3)18-21(24)20-26-2/h21-22H,4-20H2,1-3H3/t21-,22+/m0/s1. The Morgan fingerprint density at radius 3 is 1.85 bits per heavy atom. The monoisotopic (exact) mass is 383 g/mol. The molecule has 1 aliphatic rings. The van der Waals surface area contributed by atoms with Gasteiger partial charge in [-0.1, -0.05) is 84.0 Å². The summed E-state index contributed by atoms with van der Waals surface area (Å²) >= 11 is 0. The summed E-state index contributed by atoms with van der Waals surface area (Å²) in [5.41, 5.74) is 0. The summed E-state index contributed by atoms with van der Waals surface area (Å²) in [4.78, 5) is 14.5.